The Morgan fingerprint density at radius 1 is 1.35 bits per heavy atom. The van der Waals surface area contributed by atoms with Gasteiger partial charge in [-0.3, -0.25) is 0 Å². The summed E-state index contributed by atoms with van der Waals surface area (Å²) in [6.45, 7) is 0.562. The zero-order valence-corrected chi connectivity index (χ0v) is 11.1. The van der Waals surface area contributed by atoms with E-state index < -0.39 is 5.97 Å². The molecule has 1 aromatic carbocycles. The van der Waals surface area contributed by atoms with Gasteiger partial charge >= 0.3 is 5.97 Å². The van der Waals surface area contributed by atoms with Gasteiger partial charge in [-0.1, -0.05) is 42.5 Å². The molecule has 0 amide bonds. The average molecular weight is 269 g/mol. The summed E-state index contributed by atoms with van der Waals surface area (Å²) >= 11 is 0. The number of aromatic nitrogens is 2. The summed E-state index contributed by atoms with van der Waals surface area (Å²) in [5, 5.41) is 9.09. The van der Waals surface area contributed by atoms with Gasteiger partial charge < -0.3 is 10.0 Å². The first-order valence-corrected chi connectivity index (χ1v) is 6.14. The summed E-state index contributed by atoms with van der Waals surface area (Å²) in [4.78, 5) is 20.6. The van der Waals surface area contributed by atoms with Crippen LogP contribution in [0.5, 0.6) is 0 Å². The zero-order chi connectivity index (χ0) is 14.4. The molecule has 0 saturated heterocycles. The number of carbonyl (C=O) groups is 1. The SMILES string of the molecule is CN(C/C=C/c1ccccc1)c1ncncc1C(=O)O. The third kappa shape index (κ3) is 3.41. The molecular weight excluding hydrogens is 254 g/mol. The monoisotopic (exact) mass is 269 g/mol. The molecule has 0 bridgehead atoms. The van der Waals surface area contributed by atoms with Crippen LogP contribution >= 0.6 is 0 Å². The lowest BCUT2D eigenvalue weighted by molar-refractivity contribution is 0.0696. The van der Waals surface area contributed by atoms with Crippen molar-refractivity contribution in [3.8, 4) is 0 Å². The first-order chi connectivity index (χ1) is 9.68. The Bertz CT molecular complexity index is 612. The second-order valence-corrected chi connectivity index (χ2v) is 4.26. The first-order valence-electron chi connectivity index (χ1n) is 6.14. The minimum absolute atomic E-state index is 0.100. The second-order valence-electron chi connectivity index (χ2n) is 4.26. The van der Waals surface area contributed by atoms with Crippen LogP contribution in [0.2, 0.25) is 0 Å². The maximum atomic E-state index is 11.1. The lowest BCUT2D eigenvalue weighted by Crippen LogP contribution is -2.21. The fraction of sp³-hybridized carbons (Fsp3) is 0.133. The highest BCUT2D eigenvalue weighted by atomic mass is 16.4. The molecule has 0 saturated carbocycles. The normalized spacial score (nSPS) is 10.7. The van der Waals surface area contributed by atoms with Crippen LogP contribution in [0.1, 0.15) is 15.9 Å². The molecule has 2 rings (SSSR count). The highest BCUT2D eigenvalue weighted by molar-refractivity contribution is 5.92. The van der Waals surface area contributed by atoms with Crippen molar-refractivity contribution >= 4 is 17.9 Å². The molecule has 0 spiro atoms. The molecule has 20 heavy (non-hydrogen) atoms. The van der Waals surface area contributed by atoms with Gasteiger partial charge in [0.2, 0.25) is 0 Å². The van der Waals surface area contributed by atoms with E-state index in [1.807, 2.05) is 42.5 Å². The number of likely N-dealkylation sites (N-methyl/N-ethyl adjacent to an activating group) is 1. The van der Waals surface area contributed by atoms with Crippen molar-refractivity contribution in [3.63, 3.8) is 0 Å². The third-order valence-corrected chi connectivity index (χ3v) is 2.77. The fourth-order valence-electron chi connectivity index (χ4n) is 1.78. The number of aromatic carboxylic acids is 1. The molecule has 5 nitrogen and oxygen atoms in total. The summed E-state index contributed by atoms with van der Waals surface area (Å²) in [5.74, 6) is -0.621. The van der Waals surface area contributed by atoms with E-state index in [2.05, 4.69) is 9.97 Å². The number of carboxylic acid groups (broad SMARTS) is 1. The van der Waals surface area contributed by atoms with E-state index in [0.29, 0.717) is 12.4 Å². The van der Waals surface area contributed by atoms with Crippen LogP contribution in [-0.2, 0) is 0 Å². The van der Waals surface area contributed by atoms with Gasteiger partial charge in [-0.2, -0.15) is 0 Å². The second kappa shape index (κ2) is 6.47. The summed E-state index contributed by atoms with van der Waals surface area (Å²) in [7, 11) is 1.80. The van der Waals surface area contributed by atoms with Gasteiger partial charge in [0.25, 0.3) is 0 Å². The maximum Gasteiger partial charge on any atom is 0.341 e. The van der Waals surface area contributed by atoms with Crippen LogP contribution in [-0.4, -0.2) is 34.6 Å². The van der Waals surface area contributed by atoms with Gasteiger partial charge in [0.05, 0.1) is 0 Å². The van der Waals surface area contributed by atoms with Crippen LogP contribution < -0.4 is 4.90 Å². The van der Waals surface area contributed by atoms with Gasteiger partial charge in [-0.25, -0.2) is 14.8 Å². The molecule has 0 fully saturated rings. The van der Waals surface area contributed by atoms with Crippen LogP contribution in [0.15, 0.2) is 48.9 Å². The Balaban J connectivity index is 2.07. The van der Waals surface area contributed by atoms with Crippen LogP contribution in [0, 0.1) is 0 Å². The average Bonchev–Trinajstić information content (AvgIpc) is 2.48. The molecule has 2 aromatic rings. The topological polar surface area (TPSA) is 66.3 Å². The van der Waals surface area contributed by atoms with E-state index in [4.69, 9.17) is 5.11 Å². The van der Waals surface area contributed by atoms with Crippen molar-refractivity contribution in [1.29, 1.82) is 0 Å². The molecule has 0 aliphatic carbocycles. The van der Waals surface area contributed by atoms with E-state index in [-0.39, 0.29) is 5.56 Å². The van der Waals surface area contributed by atoms with Gasteiger partial charge in [0.15, 0.2) is 0 Å². The molecule has 0 atom stereocenters. The fourth-order valence-corrected chi connectivity index (χ4v) is 1.78. The number of rotatable bonds is 5. The smallest absolute Gasteiger partial charge is 0.341 e. The van der Waals surface area contributed by atoms with Gasteiger partial charge in [-0.15, -0.1) is 0 Å². The predicted molar refractivity (Wildman–Crippen MR) is 77.7 cm³/mol. The summed E-state index contributed by atoms with van der Waals surface area (Å²) < 4.78 is 0. The van der Waals surface area contributed by atoms with Crippen molar-refractivity contribution in [2.45, 2.75) is 0 Å². The Morgan fingerprint density at radius 3 is 2.80 bits per heavy atom. The number of benzene rings is 1. The highest BCUT2D eigenvalue weighted by Crippen LogP contribution is 2.14. The molecule has 1 N–H and O–H groups in total. The lowest BCUT2D eigenvalue weighted by Gasteiger charge is -2.17. The Kier molecular flexibility index (Phi) is 4.44. The number of hydrogen-bond donors (Lipinski definition) is 1. The molecule has 102 valence electrons. The Labute approximate surface area is 117 Å². The number of nitrogens with zero attached hydrogens (tertiary/aromatic N) is 3. The largest absolute Gasteiger partial charge is 0.477 e. The molecule has 0 radical (unpaired) electrons. The Hall–Kier alpha value is -2.69. The first kappa shape index (κ1) is 13.7. The maximum absolute atomic E-state index is 11.1. The van der Waals surface area contributed by atoms with E-state index in [9.17, 15) is 4.79 Å². The predicted octanol–water partition coefficient (Wildman–Crippen LogP) is 2.32. The minimum atomic E-state index is -1.03. The zero-order valence-electron chi connectivity index (χ0n) is 11.1. The van der Waals surface area contributed by atoms with Gasteiger partial charge in [0, 0.05) is 19.8 Å². The van der Waals surface area contributed by atoms with Crippen molar-refractivity contribution in [1.82, 2.24) is 9.97 Å². The number of hydrogen-bond acceptors (Lipinski definition) is 4. The number of carboxylic acids is 1. The molecular formula is C15H15N3O2. The molecule has 5 heteroatoms. The van der Waals surface area contributed by atoms with E-state index in [1.54, 1.807) is 11.9 Å². The molecule has 1 heterocycles. The van der Waals surface area contributed by atoms with Crippen molar-refractivity contribution in [2.75, 3.05) is 18.5 Å². The minimum Gasteiger partial charge on any atom is -0.477 e. The van der Waals surface area contributed by atoms with Crippen LogP contribution in [0.4, 0.5) is 5.82 Å². The van der Waals surface area contributed by atoms with Gasteiger partial charge in [-0.05, 0) is 5.56 Å². The number of anilines is 1. The van der Waals surface area contributed by atoms with Crippen LogP contribution in [0.25, 0.3) is 6.08 Å². The van der Waals surface area contributed by atoms with E-state index >= 15 is 0 Å². The van der Waals surface area contributed by atoms with E-state index in [1.165, 1.54) is 12.5 Å². The van der Waals surface area contributed by atoms with Crippen molar-refractivity contribution in [3.05, 3.63) is 60.1 Å². The molecule has 0 unspecified atom stereocenters. The van der Waals surface area contributed by atoms with Crippen LogP contribution in [0.3, 0.4) is 0 Å². The molecule has 1 aromatic heterocycles. The van der Waals surface area contributed by atoms with Crippen molar-refractivity contribution < 1.29 is 9.90 Å². The third-order valence-electron chi connectivity index (χ3n) is 2.77. The molecule has 0 aliphatic rings. The highest BCUT2D eigenvalue weighted by Gasteiger charge is 2.13. The summed E-state index contributed by atoms with van der Waals surface area (Å²) in [6, 6.07) is 9.91. The Morgan fingerprint density at radius 2 is 2.10 bits per heavy atom. The standard InChI is InChI=1S/C15H15N3O2/c1-18(9-5-8-12-6-3-2-4-7-12)14-13(15(19)20)10-16-11-17-14/h2-8,10-11H,9H2,1H3,(H,19,20)/b8-5+. The molecule has 0 aliphatic heterocycles. The lowest BCUT2D eigenvalue weighted by atomic mass is 10.2. The summed E-state index contributed by atoms with van der Waals surface area (Å²) in [5.41, 5.74) is 1.20. The quantitative estimate of drug-likeness (QED) is 0.902. The summed E-state index contributed by atoms with van der Waals surface area (Å²) in [6.07, 6.45) is 6.60. The van der Waals surface area contributed by atoms with Crippen molar-refractivity contribution in [2.24, 2.45) is 0 Å². The van der Waals surface area contributed by atoms with Gasteiger partial charge in [0.1, 0.15) is 17.7 Å². The van der Waals surface area contributed by atoms with E-state index in [0.717, 1.165) is 5.56 Å².